The van der Waals surface area contributed by atoms with E-state index in [1.807, 2.05) is 6.07 Å². The Morgan fingerprint density at radius 2 is 2.06 bits per heavy atom. The van der Waals surface area contributed by atoms with E-state index in [-0.39, 0.29) is 0 Å². The molecule has 0 saturated heterocycles. The molecule has 17 heavy (non-hydrogen) atoms. The van der Waals surface area contributed by atoms with Crippen molar-refractivity contribution in [3.8, 4) is 5.75 Å². The molecule has 1 aliphatic heterocycles. The molecule has 0 saturated carbocycles. The predicted molar refractivity (Wildman–Crippen MR) is 70.7 cm³/mol. The van der Waals surface area contributed by atoms with E-state index in [9.17, 15) is 0 Å². The van der Waals surface area contributed by atoms with Crippen molar-refractivity contribution < 1.29 is 4.74 Å². The van der Waals surface area contributed by atoms with Gasteiger partial charge in [0, 0.05) is 18.0 Å². The molecule has 0 aliphatic carbocycles. The molecule has 1 aliphatic rings. The molecular weight excluding hydrogens is 212 g/mol. The monoisotopic (exact) mass is 234 g/mol. The Bertz CT molecular complexity index is 341. The minimum Gasteiger partial charge on any atom is -0.493 e. The van der Waals surface area contributed by atoms with E-state index in [0.29, 0.717) is 5.92 Å². The molecule has 0 radical (unpaired) electrons. The number of benzene rings is 1. The van der Waals surface area contributed by atoms with Crippen LogP contribution in [0.1, 0.15) is 24.8 Å². The SMILES string of the molecule is CCNCCCNCC1COc2ccccc21. The van der Waals surface area contributed by atoms with E-state index < -0.39 is 0 Å². The molecule has 3 nitrogen and oxygen atoms in total. The molecule has 0 bridgehead atoms. The van der Waals surface area contributed by atoms with Crippen molar-refractivity contribution in [3.63, 3.8) is 0 Å². The second-order valence-electron chi connectivity index (χ2n) is 4.46. The minimum atomic E-state index is 0.519. The van der Waals surface area contributed by atoms with E-state index in [0.717, 1.165) is 38.5 Å². The second-order valence-corrected chi connectivity index (χ2v) is 4.46. The Labute approximate surface area is 104 Å². The molecule has 0 fully saturated rings. The van der Waals surface area contributed by atoms with Crippen molar-refractivity contribution in [2.24, 2.45) is 0 Å². The maximum atomic E-state index is 5.65. The first-order valence-corrected chi connectivity index (χ1v) is 6.55. The van der Waals surface area contributed by atoms with Crippen molar-refractivity contribution in [2.45, 2.75) is 19.3 Å². The summed E-state index contributed by atoms with van der Waals surface area (Å²) >= 11 is 0. The van der Waals surface area contributed by atoms with Crippen molar-refractivity contribution in [1.29, 1.82) is 0 Å². The van der Waals surface area contributed by atoms with Crippen LogP contribution in [0.3, 0.4) is 0 Å². The Balaban J connectivity index is 1.68. The summed E-state index contributed by atoms with van der Waals surface area (Å²) in [7, 11) is 0. The predicted octanol–water partition coefficient (Wildman–Crippen LogP) is 1.75. The van der Waals surface area contributed by atoms with Crippen LogP contribution in [-0.4, -0.2) is 32.8 Å². The Hall–Kier alpha value is -1.06. The molecule has 3 heteroatoms. The first kappa shape index (κ1) is 12.4. The van der Waals surface area contributed by atoms with E-state index in [1.54, 1.807) is 0 Å². The van der Waals surface area contributed by atoms with Crippen LogP contribution in [-0.2, 0) is 0 Å². The zero-order valence-electron chi connectivity index (χ0n) is 10.5. The third-order valence-electron chi connectivity index (χ3n) is 3.15. The fourth-order valence-corrected chi connectivity index (χ4v) is 2.19. The van der Waals surface area contributed by atoms with Crippen LogP contribution in [0.2, 0.25) is 0 Å². The van der Waals surface area contributed by atoms with Crippen molar-refractivity contribution in [3.05, 3.63) is 29.8 Å². The Morgan fingerprint density at radius 3 is 2.94 bits per heavy atom. The molecule has 0 aromatic heterocycles. The van der Waals surface area contributed by atoms with Gasteiger partial charge in [0.25, 0.3) is 0 Å². The quantitative estimate of drug-likeness (QED) is 0.705. The summed E-state index contributed by atoms with van der Waals surface area (Å²) in [6, 6.07) is 8.35. The van der Waals surface area contributed by atoms with Crippen LogP contribution in [0.15, 0.2) is 24.3 Å². The highest BCUT2D eigenvalue weighted by molar-refractivity contribution is 5.39. The average molecular weight is 234 g/mol. The largest absolute Gasteiger partial charge is 0.493 e. The number of para-hydroxylation sites is 1. The molecule has 94 valence electrons. The topological polar surface area (TPSA) is 33.3 Å². The van der Waals surface area contributed by atoms with Crippen LogP contribution in [0.25, 0.3) is 0 Å². The van der Waals surface area contributed by atoms with Gasteiger partial charge in [0.15, 0.2) is 0 Å². The van der Waals surface area contributed by atoms with Gasteiger partial charge in [-0.05, 0) is 32.1 Å². The van der Waals surface area contributed by atoms with Gasteiger partial charge in [0.2, 0.25) is 0 Å². The van der Waals surface area contributed by atoms with Crippen LogP contribution < -0.4 is 15.4 Å². The lowest BCUT2D eigenvalue weighted by Crippen LogP contribution is -2.26. The molecule has 1 aromatic carbocycles. The second kappa shape index (κ2) is 6.62. The standard InChI is InChI=1S/C14H22N2O/c1-2-15-8-5-9-16-10-12-11-17-14-7-4-3-6-13(12)14/h3-4,6-7,12,15-16H,2,5,8-11H2,1H3. The van der Waals surface area contributed by atoms with Crippen LogP contribution in [0, 0.1) is 0 Å². The normalized spacial score (nSPS) is 17.8. The molecule has 0 amide bonds. The van der Waals surface area contributed by atoms with Crippen molar-refractivity contribution >= 4 is 0 Å². The molecule has 1 aromatic rings. The molecule has 1 heterocycles. The maximum Gasteiger partial charge on any atom is 0.122 e. The summed E-state index contributed by atoms with van der Waals surface area (Å²) in [5, 5.41) is 6.83. The molecular formula is C14H22N2O. The Kier molecular flexibility index (Phi) is 4.83. The van der Waals surface area contributed by atoms with Gasteiger partial charge in [-0.2, -0.15) is 0 Å². The van der Waals surface area contributed by atoms with Crippen LogP contribution in [0.4, 0.5) is 0 Å². The molecule has 0 spiro atoms. The summed E-state index contributed by atoms with van der Waals surface area (Å²) in [5.74, 6) is 1.58. The summed E-state index contributed by atoms with van der Waals surface area (Å²) < 4.78 is 5.65. The zero-order chi connectivity index (χ0) is 11.9. The van der Waals surface area contributed by atoms with Gasteiger partial charge in [0.1, 0.15) is 5.75 Å². The average Bonchev–Trinajstić information content (AvgIpc) is 2.77. The zero-order valence-corrected chi connectivity index (χ0v) is 10.5. The number of hydrogen-bond donors (Lipinski definition) is 2. The van der Waals surface area contributed by atoms with E-state index >= 15 is 0 Å². The smallest absolute Gasteiger partial charge is 0.122 e. The molecule has 1 atom stereocenters. The van der Waals surface area contributed by atoms with Gasteiger partial charge in [-0.25, -0.2) is 0 Å². The maximum absolute atomic E-state index is 5.65. The van der Waals surface area contributed by atoms with Gasteiger partial charge in [-0.3, -0.25) is 0 Å². The van der Waals surface area contributed by atoms with Gasteiger partial charge < -0.3 is 15.4 Å². The first-order valence-electron chi connectivity index (χ1n) is 6.55. The highest BCUT2D eigenvalue weighted by Gasteiger charge is 2.22. The fourth-order valence-electron chi connectivity index (χ4n) is 2.19. The third kappa shape index (κ3) is 3.45. The van der Waals surface area contributed by atoms with E-state index in [1.165, 1.54) is 12.0 Å². The lowest BCUT2D eigenvalue weighted by Gasteiger charge is -2.10. The summed E-state index contributed by atoms with van der Waals surface area (Å²) in [6.45, 7) is 7.21. The lowest BCUT2D eigenvalue weighted by molar-refractivity contribution is 0.326. The molecule has 1 unspecified atom stereocenters. The highest BCUT2D eigenvalue weighted by atomic mass is 16.5. The lowest BCUT2D eigenvalue weighted by atomic mass is 10.0. The minimum absolute atomic E-state index is 0.519. The van der Waals surface area contributed by atoms with E-state index in [4.69, 9.17) is 4.74 Å². The number of fused-ring (bicyclic) bond motifs is 1. The third-order valence-corrected chi connectivity index (χ3v) is 3.15. The highest BCUT2D eigenvalue weighted by Crippen LogP contribution is 2.32. The van der Waals surface area contributed by atoms with Gasteiger partial charge in [-0.1, -0.05) is 25.1 Å². The summed E-state index contributed by atoms with van der Waals surface area (Å²) in [4.78, 5) is 0. The van der Waals surface area contributed by atoms with Gasteiger partial charge in [0.05, 0.1) is 6.61 Å². The molecule has 2 N–H and O–H groups in total. The van der Waals surface area contributed by atoms with Crippen molar-refractivity contribution in [1.82, 2.24) is 10.6 Å². The number of ether oxygens (including phenoxy) is 1. The number of rotatable bonds is 7. The van der Waals surface area contributed by atoms with Gasteiger partial charge >= 0.3 is 0 Å². The van der Waals surface area contributed by atoms with Gasteiger partial charge in [-0.15, -0.1) is 0 Å². The first-order chi connectivity index (χ1) is 8.42. The van der Waals surface area contributed by atoms with E-state index in [2.05, 4.69) is 35.8 Å². The Morgan fingerprint density at radius 1 is 1.24 bits per heavy atom. The number of nitrogens with one attached hydrogen (secondary N) is 2. The summed E-state index contributed by atoms with van der Waals surface area (Å²) in [5.41, 5.74) is 1.35. The number of hydrogen-bond acceptors (Lipinski definition) is 3. The molecule has 2 rings (SSSR count). The summed E-state index contributed by atoms with van der Waals surface area (Å²) in [6.07, 6.45) is 1.18. The van der Waals surface area contributed by atoms with Crippen LogP contribution in [0.5, 0.6) is 5.75 Å². The van der Waals surface area contributed by atoms with Crippen molar-refractivity contribution in [2.75, 3.05) is 32.8 Å². The fraction of sp³-hybridized carbons (Fsp3) is 0.571. The van der Waals surface area contributed by atoms with Crippen LogP contribution >= 0.6 is 0 Å².